The lowest BCUT2D eigenvalue weighted by molar-refractivity contribution is -0.118. The van der Waals surface area contributed by atoms with Gasteiger partial charge in [0.15, 0.2) is 6.10 Å². The van der Waals surface area contributed by atoms with Gasteiger partial charge in [0.1, 0.15) is 4.88 Å². The number of Topliss-reactive ketones (excluding diaryl/α,β-unsaturated/α-hetero) is 1. The minimum atomic E-state index is -0.932. The molecular weight excluding hydrogens is 388 g/mol. The number of esters is 1. The number of aromatic nitrogens is 1. The van der Waals surface area contributed by atoms with Gasteiger partial charge in [0, 0.05) is 29.6 Å². The van der Waals surface area contributed by atoms with Crippen molar-refractivity contribution in [2.45, 2.75) is 26.9 Å². The maximum absolute atomic E-state index is 12.6. The standard InChI is InChI=1S/C22H22N2O4S/c1-14(2)21(26)23-17-8-6-16(7-9-17)19(25)15(3)28-22(27)20-18(10-13-29-20)24-11-4-5-12-24/h4-15H,1-3H3,(H,23,26). The maximum Gasteiger partial charge on any atom is 0.351 e. The fourth-order valence-electron chi connectivity index (χ4n) is 2.66. The second-order valence-corrected chi connectivity index (χ2v) is 7.77. The molecule has 0 aliphatic heterocycles. The van der Waals surface area contributed by atoms with Crippen LogP contribution in [-0.2, 0) is 9.53 Å². The van der Waals surface area contributed by atoms with E-state index in [1.807, 2.05) is 40.5 Å². The Morgan fingerprint density at radius 2 is 1.66 bits per heavy atom. The third-order valence-corrected chi connectivity index (χ3v) is 5.21. The average Bonchev–Trinajstić information content (AvgIpc) is 3.39. The number of carbonyl (C=O) groups is 3. The maximum atomic E-state index is 12.6. The van der Waals surface area contributed by atoms with Crippen LogP contribution in [0.2, 0.25) is 0 Å². The van der Waals surface area contributed by atoms with Gasteiger partial charge in [-0.05, 0) is 54.8 Å². The van der Waals surface area contributed by atoms with Gasteiger partial charge in [0.2, 0.25) is 11.7 Å². The summed E-state index contributed by atoms with van der Waals surface area (Å²) in [7, 11) is 0. The molecule has 3 aromatic rings. The Hall–Kier alpha value is -3.19. The summed E-state index contributed by atoms with van der Waals surface area (Å²) in [5, 5.41) is 4.58. The van der Waals surface area contributed by atoms with Crippen LogP contribution >= 0.6 is 11.3 Å². The zero-order valence-corrected chi connectivity index (χ0v) is 17.2. The Balaban J connectivity index is 1.66. The summed E-state index contributed by atoms with van der Waals surface area (Å²) in [5.74, 6) is -1.07. The third kappa shape index (κ3) is 4.81. The van der Waals surface area contributed by atoms with E-state index in [-0.39, 0.29) is 17.6 Å². The molecule has 1 aromatic carbocycles. The highest BCUT2D eigenvalue weighted by atomic mass is 32.1. The van der Waals surface area contributed by atoms with E-state index in [2.05, 4.69) is 5.32 Å². The molecule has 7 heteroatoms. The van der Waals surface area contributed by atoms with E-state index in [9.17, 15) is 14.4 Å². The zero-order valence-electron chi connectivity index (χ0n) is 16.4. The van der Waals surface area contributed by atoms with Crippen LogP contribution < -0.4 is 5.32 Å². The smallest absolute Gasteiger partial charge is 0.351 e. The van der Waals surface area contributed by atoms with Crippen molar-refractivity contribution in [3.05, 3.63) is 70.7 Å². The molecule has 0 aliphatic rings. The number of hydrogen-bond acceptors (Lipinski definition) is 5. The minimum absolute atomic E-state index is 0.0965. The number of nitrogens with one attached hydrogen (secondary N) is 1. The molecule has 3 rings (SSSR count). The lowest BCUT2D eigenvalue weighted by Gasteiger charge is -2.13. The van der Waals surface area contributed by atoms with Crippen LogP contribution in [0, 0.1) is 5.92 Å². The molecule has 6 nitrogen and oxygen atoms in total. The van der Waals surface area contributed by atoms with Gasteiger partial charge in [-0.3, -0.25) is 9.59 Å². The largest absolute Gasteiger partial charge is 0.450 e. The number of anilines is 1. The molecular formula is C22H22N2O4S. The lowest BCUT2D eigenvalue weighted by atomic mass is 10.1. The molecule has 0 bridgehead atoms. The van der Waals surface area contributed by atoms with Crippen molar-refractivity contribution in [3.63, 3.8) is 0 Å². The van der Waals surface area contributed by atoms with E-state index in [0.717, 1.165) is 5.69 Å². The van der Waals surface area contributed by atoms with Crippen molar-refractivity contribution in [2.24, 2.45) is 5.92 Å². The predicted octanol–water partition coefficient (Wildman–Crippen LogP) is 4.56. The monoisotopic (exact) mass is 410 g/mol. The Morgan fingerprint density at radius 1 is 1.00 bits per heavy atom. The molecule has 1 unspecified atom stereocenters. The van der Waals surface area contributed by atoms with Crippen LogP contribution in [0.4, 0.5) is 5.69 Å². The number of nitrogens with zero attached hydrogens (tertiary/aromatic N) is 1. The van der Waals surface area contributed by atoms with Gasteiger partial charge >= 0.3 is 5.97 Å². The van der Waals surface area contributed by atoms with Gasteiger partial charge in [-0.2, -0.15) is 0 Å². The number of hydrogen-bond donors (Lipinski definition) is 1. The normalized spacial score (nSPS) is 11.9. The number of ether oxygens (including phenoxy) is 1. The SMILES string of the molecule is CC(C)C(=O)Nc1ccc(C(=O)C(C)OC(=O)c2sccc2-n2cccc2)cc1. The number of rotatable bonds is 7. The van der Waals surface area contributed by atoms with E-state index < -0.39 is 12.1 Å². The number of ketones is 1. The van der Waals surface area contributed by atoms with Crippen LogP contribution in [0.1, 0.15) is 40.8 Å². The molecule has 2 heterocycles. The highest BCUT2D eigenvalue weighted by molar-refractivity contribution is 7.12. The van der Waals surface area contributed by atoms with E-state index >= 15 is 0 Å². The third-order valence-electron chi connectivity index (χ3n) is 4.33. The molecule has 0 saturated carbocycles. The number of amides is 1. The quantitative estimate of drug-likeness (QED) is 0.457. The fraction of sp³-hybridized carbons (Fsp3) is 0.227. The van der Waals surface area contributed by atoms with Crippen molar-refractivity contribution in [1.29, 1.82) is 0 Å². The zero-order chi connectivity index (χ0) is 21.0. The molecule has 0 fully saturated rings. The van der Waals surface area contributed by atoms with Crippen LogP contribution in [0.5, 0.6) is 0 Å². The average molecular weight is 410 g/mol. The summed E-state index contributed by atoms with van der Waals surface area (Å²) in [6, 6.07) is 12.1. The van der Waals surface area contributed by atoms with Crippen molar-refractivity contribution in [3.8, 4) is 5.69 Å². The summed E-state index contributed by atoms with van der Waals surface area (Å²) < 4.78 is 7.24. The van der Waals surface area contributed by atoms with Crippen molar-refractivity contribution < 1.29 is 19.1 Å². The van der Waals surface area contributed by atoms with Gasteiger partial charge in [0.05, 0.1) is 5.69 Å². The summed E-state index contributed by atoms with van der Waals surface area (Å²) in [4.78, 5) is 37.4. The van der Waals surface area contributed by atoms with Crippen molar-refractivity contribution >= 4 is 34.7 Å². The molecule has 2 aromatic heterocycles. The van der Waals surface area contributed by atoms with Gasteiger partial charge in [-0.15, -0.1) is 11.3 Å². The molecule has 1 N–H and O–H groups in total. The first-order valence-corrected chi connectivity index (χ1v) is 10.1. The first kappa shape index (κ1) is 20.5. The molecule has 0 saturated heterocycles. The van der Waals surface area contributed by atoms with E-state index in [1.165, 1.54) is 11.3 Å². The van der Waals surface area contributed by atoms with E-state index in [0.29, 0.717) is 16.1 Å². The Labute approximate surface area is 173 Å². The van der Waals surface area contributed by atoms with Gasteiger partial charge in [-0.25, -0.2) is 4.79 Å². The Morgan fingerprint density at radius 3 is 2.28 bits per heavy atom. The first-order chi connectivity index (χ1) is 13.9. The van der Waals surface area contributed by atoms with Crippen LogP contribution in [0.15, 0.2) is 60.2 Å². The number of thiophene rings is 1. The summed E-state index contributed by atoms with van der Waals surface area (Å²) in [6.07, 6.45) is 2.75. The van der Waals surface area contributed by atoms with Crippen molar-refractivity contribution in [1.82, 2.24) is 4.57 Å². The molecule has 29 heavy (non-hydrogen) atoms. The van der Waals surface area contributed by atoms with Crippen LogP contribution in [-0.4, -0.2) is 28.3 Å². The molecule has 1 atom stereocenters. The van der Waals surface area contributed by atoms with Crippen LogP contribution in [0.3, 0.4) is 0 Å². The summed E-state index contributed by atoms with van der Waals surface area (Å²) >= 11 is 1.27. The minimum Gasteiger partial charge on any atom is -0.450 e. The fourth-order valence-corrected chi connectivity index (χ4v) is 3.43. The van der Waals surface area contributed by atoms with E-state index in [4.69, 9.17) is 4.74 Å². The molecule has 1 amide bonds. The second-order valence-electron chi connectivity index (χ2n) is 6.86. The summed E-state index contributed by atoms with van der Waals surface area (Å²) in [6.45, 7) is 5.16. The second kappa shape index (κ2) is 8.87. The lowest BCUT2D eigenvalue weighted by Crippen LogP contribution is -2.24. The molecule has 0 aliphatic carbocycles. The number of carbonyl (C=O) groups excluding carboxylic acids is 3. The summed E-state index contributed by atoms with van der Waals surface area (Å²) in [5.41, 5.74) is 1.74. The van der Waals surface area contributed by atoms with E-state index in [1.54, 1.807) is 45.0 Å². The molecule has 0 radical (unpaired) electrons. The topological polar surface area (TPSA) is 77.4 Å². The van der Waals surface area contributed by atoms with Gasteiger partial charge in [0.25, 0.3) is 0 Å². The highest BCUT2D eigenvalue weighted by Crippen LogP contribution is 2.23. The highest BCUT2D eigenvalue weighted by Gasteiger charge is 2.23. The van der Waals surface area contributed by atoms with Gasteiger partial charge < -0.3 is 14.6 Å². The molecule has 0 spiro atoms. The predicted molar refractivity (Wildman–Crippen MR) is 113 cm³/mol. The number of benzene rings is 1. The van der Waals surface area contributed by atoms with Crippen molar-refractivity contribution in [2.75, 3.05) is 5.32 Å². The Kier molecular flexibility index (Phi) is 6.29. The first-order valence-electron chi connectivity index (χ1n) is 9.23. The van der Waals surface area contributed by atoms with Crippen LogP contribution in [0.25, 0.3) is 5.69 Å². The van der Waals surface area contributed by atoms with Gasteiger partial charge in [-0.1, -0.05) is 13.8 Å². The Bertz CT molecular complexity index is 1000. The molecule has 150 valence electrons.